The molecular weight excluding hydrogens is 207 g/mol. The fraction of sp³-hybridized carbons (Fsp3) is 1.00. The van der Waals surface area contributed by atoms with Gasteiger partial charge < -0.3 is 0 Å². The zero-order valence-corrected chi connectivity index (χ0v) is 9.29. The number of rotatable bonds is 5. The molecule has 0 aliphatic rings. The van der Waals surface area contributed by atoms with Crippen molar-refractivity contribution >= 4 is 44.8 Å². The van der Waals surface area contributed by atoms with Gasteiger partial charge in [0, 0.05) is 22.3 Å². The summed E-state index contributed by atoms with van der Waals surface area (Å²) in [5, 5.41) is 0.534. The van der Waals surface area contributed by atoms with E-state index in [0.717, 1.165) is 11.5 Å². The molecular formula is C6H12Cl2S2. The molecule has 2 unspecified atom stereocenters. The van der Waals surface area contributed by atoms with Gasteiger partial charge in [0.05, 0.1) is 0 Å². The molecule has 0 fully saturated rings. The van der Waals surface area contributed by atoms with Gasteiger partial charge >= 0.3 is 0 Å². The minimum atomic E-state index is 0.267. The summed E-state index contributed by atoms with van der Waals surface area (Å²) >= 11 is 11.5. The molecule has 0 saturated carbocycles. The van der Waals surface area contributed by atoms with Crippen molar-refractivity contribution in [2.45, 2.75) is 24.6 Å². The molecule has 0 N–H and O–H groups in total. The molecule has 0 heterocycles. The standard InChI is InChI=1S/C6H12Cl2S2/c1-5(7)3-9-10-4-6(2)8/h5-6H,3-4H2,1-2H3. The van der Waals surface area contributed by atoms with E-state index in [2.05, 4.69) is 0 Å². The van der Waals surface area contributed by atoms with Gasteiger partial charge in [0.1, 0.15) is 0 Å². The Morgan fingerprint density at radius 3 is 1.50 bits per heavy atom. The van der Waals surface area contributed by atoms with Gasteiger partial charge in [-0.05, 0) is 13.8 Å². The summed E-state index contributed by atoms with van der Waals surface area (Å²) in [5.41, 5.74) is 0. The van der Waals surface area contributed by atoms with Crippen LogP contribution in [0.2, 0.25) is 0 Å². The lowest BCUT2D eigenvalue weighted by Crippen LogP contribution is -1.95. The molecule has 0 aliphatic heterocycles. The monoisotopic (exact) mass is 218 g/mol. The summed E-state index contributed by atoms with van der Waals surface area (Å²) in [6.07, 6.45) is 0. The second kappa shape index (κ2) is 6.96. The highest BCUT2D eigenvalue weighted by molar-refractivity contribution is 8.76. The topological polar surface area (TPSA) is 0 Å². The van der Waals surface area contributed by atoms with Gasteiger partial charge in [0.25, 0.3) is 0 Å². The molecule has 0 aromatic carbocycles. The molecule has 2 atom stereocenters. The fourth-order valence-electron chi connectivity index (χ4n) is 0.284. The van der Waals surface area contributed by atoms with Crippen molar-refractivity contribution in [2.24, 2.45) is 0 Å². The molecule has 0 spiro atoms. The Morgan fingerprint density at radius 1 is 1.00 bits per heavy atom. The van der Waals surface area contributed by atoms with E-state index in [1.165, 1.54) is 0 Å². The Balaban J connectivity index is 2.91. The third kappa shape index (κ3) is 9.28. The van der Waals surface area contributed by atoms with E-state index in [1.54, 1.807) is 21.6 Å². The summed E-state index contributed by atoms with van der Waals surface area (Å²) in [6.45, 7) is 4.00. The molecule has 0 aliphatic carbocycles. The van der Waals surface area contributed by atoms with E-state index in [9.17, 15) is 0 Å². The van der Waals surface area contributed by atoms with Crippen LogP contribution in [0.4, 0.5) is 0 Å². The van der Waals surface area contributed by atoms with Crippen molar-refractivity contribution in [3.63, 3.8) is 0 Å². The smallest absolute Gasteiger partial charge is 0.0406 e. The molecule has 10 heavy (non-hydrogen) atoms. The van der Waals surface area contributed by atoms with Crippen LogP contribution in [0.1, 0.15) is 13.8 Å². The highest BCUT2D eigenvalue weighted by Gasteiger charge is 1.99. The van der Waals surface area contributed by atoms with Crippen molar-refractivity contribution < 1.29 is 0 Å². The SMILES string of the molecule is CC(Cl)CSSCC(C)Cl. The van der Waals surface area contributed by atoms with E-state index in [0.29, 0.717) is 0 Å². The third-order valence-corrected chi connectivity index (χ3v) is 4.11. The predicted molar refractivity (Wildman–Crippen MR) is 55.5 cm³/mol. The van der Waals surface area contributed by atoms with Gasteiger partial charge in [-0.15, -0.1) is 23.2 Å². The average molecular weight is 219 g/mol. The van der Waals surface area contributed by atoms with Crippen molar-refractivity contribution in [1.82, 2.24) is 0 Å². The first kappa shape index (κ1) is 11.3. The second-order valence-electron chi connectivity index (χ2n) is 2.13. The molecule has 0 rings (SSSR count). The van der Waals surface area contributed by atoms with Gasteiger partial charge in [-0.3, -0.25) is 0 Å². The Labute approximate surface area is 80.8 Å². The number of hydrogen-bond acceptors (Lipinski definition) is 2. The normalized spacial score (nSPS) is 16.8. The quantitative estimate of drug-likeness (QED) is 0.393. The van der Waals surface area contributed by atoms with Gasteiger partial charge in [-0.1, -0.05) is 21.6 Å². The maximum Gasteiger partial charge on any atom is 0.0406 e. The third-order valence-electron chi connectivity index (χ3n) is 0.679. The zero-order chi connectivity index (χ0) is 7.98. The maximum atomic E-state index is 5.73. The lowest BCUT2D eigenvalue weighted by atomic mass is 10.6. The van der Waals surface area contributed by atoms with Crippen LogP contribution in [0.5, 0.6) is 0 Å². The van der Waals surface area contributed by atoms with Crippen LogP contribution in [0.25, 0.3) is 0 Å². The minimum absolute atomic E-state index is 0.267. The van der Waals surface area contributed by atoms with Crippen LogP contribution in [0, 0.1) is 0 Å². The molecule has 0 saturated heterocycles. The largest absolute Gasteiger partial charge is 0.122 e. The first-order valence-electron chi connectivity index (χ1n) is 3.15. The van der Waals surface area contributed by atoms with Gasteiger partial charge in [0.15, 0.2) is 0 Å². The molecule has 62 valence electrons. The van der Waals surface area contributed by atoms with Gasteiger partial charge in [0.2, 0.25) is 0 Å². The van der Waals surface area contributed by atoms with Crippen molar-refractivity contribution in [3.05, 3.63) is 0 Å². The van der Waals surface area contributed by atoms with Crippen LogP contribution >= 0.6 is 44.8 Å². The van der Waals surface area contributed by atoms with Gasteiger partial charge in [-0.25, -0.2) is 0 Å². The Morgan fingerprint density at radius 2 is 1.30 bits per heavy atom. The van der Waals surface area contributed by atoms with E-state index in [4.69, 9.17) is 23.2 Å². The van der Waals surface area contributed by atoms with E-state index in [1.807, 2.05) is 13.8 Å². The summed E-state index contributed by atoms with van der Waals surface area (Å²) in [6, 6.07) is 0. The van der Waals surface area contributed by atoms with Crippen LogP contribution < -0.4 is 0 Å². The highest BCUT2D eigenvalue weighted by atomic mass is 35.5. The van der Waals surface area contributed by atoms with E-state index >= 15 is 0 Å². The molecule has 0 nitrogen and oxygen atoms in total. The number of halogens is 2. The molecule has 0 radical (unpaired) electrons. The summed E-state index contributed by atoms with van der Waals surface area (Å²) in [4.78, 5) is 0. The molecule has 4 heteroatoms. The first-order valence-corrected chi connectivity index (χ1v) is 6.51. The Bertz CT molecular complexity index is 66.1. The van der Waals surface area contributed by atoms with Crippen molar-refractivity contribution in [2.75, 3.05) is 11.5 Å². The van der Waals surface area contributed by atoms with Crippen LogP contribution in [0.3, 0.4) is 0 Å². The number of alkyl halides is 2. The fourth-order valence-corrected chi connectivity index (χ4v) is 3.48. The van der Waals surface area contributed by atoms with E-state index < -0.39 is 0 Å². The lowest BCUT2D eigenvalue weighted by Gasteiger charge is -2.02. The second-order valence-corrected chi connectivity index (χ2v) is 6.17. The van der Waals surface area contributed by atoms with Crippen molar-refractivity contribution in [3.8, 4) is 0 Å². The summed E-state index contributed by atoms with van der Waals surface area (Å²) in [5.74, 6) is 1.99. The highest BCUT2D eigenvalue weighted by Crippen LogP contribution is 2.25. The van der Waals surface area contributed by atoms with E-state index in [-0.39, 0.29) is 10.8 Å². The minimum Gasteiger partial charge on any atom is -0.122 e. The lowest BCUT2D eigenvalue weighted by molar-refractivity contribution is 1.11. The molecule has 0 aromatic heterocycles. The summed E-state index contributed by atoms with van der Waals surface area (Å²) < 4.78 is 0. The van der Waals surface area contributed by atoms with Crippen LogP contribution in [-0.2, 0) is 0 Å². The Kier molecular flexibility index (Phi) is 7.85. The number of hydrogen-bond donors (Lipinski definition) is 0. The zero-order valence-electron chi connectivity index (χ0n) is 6.14. The average Bonchev–Trinajstić information content (AvgIpc) is 1.79. The van der Waals surface area contributed by atoms with Crippen LogP contribution in [0.15, 0.2) is 0 Å². The first-order chi connectivity index (χ1) is 4.63. The van der Waals surface area contributed by atoms with Crippen molar-refractivity contribution in [1.29, 1.82) is 0 Å². The molecule has 0 amide bonds. The predicted octanol–water partition coefficient (Wildman–Crippen LogP) is 3.62. The Hall–Kier alpha value is 1.28. The summed E-state index contributed by atoms with van der Waals surface area (Å²) in [7, 11) is 3.58. The molecule has 0 aromatic rings. The van der Waals surface area contributed by atoms with Crippen LogP contribution in [-0.4, -0.2) is 22.3 Å². The maximum absolute atomic E-state index is 5.73. The molecule has 0 bridgehead atoms. The van der Waals surface area contributed by atoms with Gasteiger partial charge in [-0.2, -0.15) is 0 Å².